The Kier molecular flexibility index (Phi) is 7.44. The van der Waals surface area contributed by atoms with Crippen LogP contribution >= 0.6 is 0 Å². The van der Waals surface area contributed by atoms with Crippen LogP contribution in [0.3, 0.4) is 0 Å². The molecule has 9 heteroatoms. The monoisotopic (exact) mass is 379 g/mol. The van der Waals surface area contributed by atoms with Crippen molar-refractivity contribution < 1.29 is 29.0 Å². The van der Waals surface area contributed by atoms with Crippen molar-refractivity contribution in [2.75, 3.05) is 54.1 Å². The molecule has 148 valence electrons. The van der Waals surface area contributed by atoms with Crippen LogP contribution in [0.5, 0.6) is 17.2 Å². The summed E-state index contributed by atoms with van der Waals surface area (Å²) in [5.74, 6) is 0.943. The maximum atomic E-state index is 12.4. The summed E-state index contributed by atoms with van der Waals surface area (Å²) in [7, 11) is 4.60. The highest BCUT2D eigenvalue weighted by atomic mass is 16.5. The molecule has 9 nitrogen and oxygen atoms in total. The number of methoxy groups -OCH3 is 3. The van der Waals surface area contributed by atoms with Gasteiger partial charge >= 0.3 is 0 Å². The van der Waals surface area contributed by atoms with Crippen molar-refractivity contribution in [1.82, 2.24) is 15.3 Å². The minimum atomic E-state index is -0.461. The number of carbonyl (C=O) groups is 2. The standard InChI is InChI=1S/C18H25N3O6/c1-25-14-10-13(11-15(26-2)18(14)27-3)4-5-17(23)21-8-6-20(7-9-21)12-16(22)19-24/h4-5,10-11,24H,6-9,12H2,1-3H3,(H,19,22). The van der Waals surface area contributed by atoms with E-state index in [1.807, 2.05) is 4.90 Å². The van der Waals surface area contributed by atoms with E-state index < -0.39 is 5.91 Å². The molecule has 1 aliphatic rings. The van der Waals surface area contributed by atoms with Crippen LogP contribution in [0.2, 0.25) is 0 Å². The normalized spacial score (nSPS) is 14.9. The molecule has 0 unspecified atom stereocenters. The first-order chi connectivity index (χ1) is 13.0. The largest absolute Gasteiger partial charge is 0.493 e. The first-order valence-electron chi connectivity index (χ1n) is 8.44. The van der Waals surface area contributed by atoms with Crippen LogP contribution in [-0.2, 0) is 9.59 Å². The summed E-state index contributed by atoms with van der Waals surface area (Å²) < 4.78 is 15.9. The topological polar surface area (TPSA) is 101 Å². The van der Waals surface area contributed by atoms with Crippen molar-refractivity contribution in [3.05, 3.63) is 23.8 Å². The molecule has 1 saturated heterocycles. The molecule has 1 aliphatic heterocycles. The lowest BCUT2D eigenvalue weighted by molar-refractivity contribution is -0.131. The van der Waals surface area contributed by atoms with Gasteiger partial charge in [0.2, 0.25) is 11.7 Å². The molecule has 2 amide bonds. The van der Waals surface area contributed by atoms with Gasteiger partial charge in [-0.15, -0.1) is 0 Å². The van der Waals surface area contributed by atoms with Crippen LogP contribution in [0.25, 0.3) is 6.08 Å². The van der Waals surface area contributed by atoms with Crippen LogP contribution in [0.1, 0.15) is 5.56 Å². The lowest BCUT2D eigenvalue weighted by Crippen LogP contribution is -2.50. The Balaban J connectivity index is 2.00. The fraction of sp³-hybridized carbons (Fsp3) is 0.444. The number of nitrogens with one attached hydrogen (secondary N) is 1. The predicted molar refractivity (Wildman–Crippen MR) is 98.1 cm³/mol. The van der Waals surface area contributed by atoms with Crippen LogP contribution in [0.4, 0.5) is 0 Å². The first kappa shape index (κ1) is 20.5. The molecule has 0 radical (unpaired) electrons. The number of amides is 2. The summed E-state index contributed by atoms with van der Waals surface area (Å²) in [6.45, 7) is 2.27. The number of ether oxygens (including phenoxy) is 3. The lowest BCUT2D eigenvalue weighted by Gasteiger charge is -2.33. The zero-order chi connectivity index (χ0) is 19.8. The van der Waals surface area contributed by atoms with Gasteiger partial charge in [-0.25, -0.2) is 5.48 Å². The van der Waals surface area contributed by atoms with Gasteiger partial charge < -0.3 is 19.1 Å². The van der Waals surface area contributed by atoms with E-state index in [9.17, 15) is 9.59 Å². The Morgan fingerprint density at radius 3 is 2.15 bits per heavy atom. The number of benzene rings is 1. The van der Waals surface area contributed by atoms with Crippen molar-refractivity contribution in [3.63, 3.8) is 0 Å². The zero-order valence-electron chi connectivity index (χ0n) is 15.7. The molecule has 1 aromatic rings. The van der Waals surface area contributed by atoms with Gasteiger partial charge in [0.1, 0.15) is 0 Å². The molecule has 0 aromatic heterocycles. The third-order valence-electron chi connectivity index (χ3n) is 4.28. The van der Waals surface area contributed by atoms with Gasteiger partial charge in [0, 0.05) is 32.3 Å². The SMILES string of the molecule is COc1cc(C=CC(=O)N2CCN(CC(=O)NO)CC2)cc(OC)c1OC. The van der Waals surface area contributed by atoms with Crippen LogP contribution in [0.15, 0.2) is 18.2 Å². The third kappa shape index (κ3) is 5.35. The molecule has 2 rings (SSSR count). The number of hydroxylamine groups is 1. The molecule has 1 fully saturated rings. The first-order valence-corrected chi connectivity index (χ1v) is 8.44. The minimum absolute atomic E-state index is 0.111. The molecule has 0 saturated carbocycles. The number of piperazine rings is 1. The molecule has 1 aromatic carbocycles. The predicted octanol–water partition coefficient (Wildman–Crippen LogP) is 0.375. The van der Waals surface area contributed by atoms with Crippen molar-refractivity contribution in [2.24, 2.45) is 0 Å². The molecule has 0 aliphatic carbocycles. The summed E-state index contributed by atoms with van der Waals surface area (Å²) in [4.78, 5) is 27.2. The highest BCUT2D eigenvalue weighted by molar-refractivity contribution is 5.92. The van der Waals surface area contributed by atoms with E-state index >= 15 is 0 Å². The van der Waals surface area contributed by atoms with E-state index in [0.717, 1.165) is 5.56 Å². The smallest absolute Gasteiger partial charge is 0.257 e. The van der Waals surface area contributed by atoms with E-state index in [1.165, 1.54) is 27.4 Å². The van der Waals surface area contributed by atoms with Gasteiger partial charge in [0.15, 0.2) is 11.5 Å². The Hall–Kier alpha value is -2.78. The zero-order valence-corrected chi connectivity index (χ0v) is 15.7. The Labute approximate surface area is 158 Å². The van der Waals surface area contributed by atoms with Crippen LogP contribution < -0.4 is 19.7 Å². The average Bonchev–Trinajstić information content (AvgIpc) is 2.71. The number of carbonyl (C=O) groups excluding carboxylic acids is 2. The van der Waals surface area contributed by atoms with Crippen molar-refractivity contribution in [3.8, 4) is 17.2 Å². The van der Waals surface area contributed by atoms with E-state index in [1.54, 1.807) is 28.6 Å². The maximum Gasteiger partial charge on any atom is 0.257 e. The second-order valence-corrected chi connectivity index (χ2v) is 5.93. The molecule has 0 spiro atoms. The minimum Gasteiger partial charge on any atom is -0.493 e. The van der Waals surface area contributed by atoms with Gasteiger partial charge in [-0.1, -0.05) is 0 Å². The van der Waals surface area contributed by atoms with Gasteiger partial charge in [-0.3, -0.25) is 19.7 Å². The third-order valence-corrected chi connectivity index (χ3v) is 4.28. The van der Waals surface area contributed by atoms with E-state index in [-0.39, 0.29) is 12.5 Å². The second-order valence-electron chi connectivity index (χ2n) is 5.93. The molecule has 27 heavy (non-hydrogen) atoms. The molecule has 2 N–H and O–H groups in total. The fourth-order valence-electron chi connectivity index (χ4n) is 2.84. The molecule has 0 bridgehead atoms. The Morgan fingerprint density at radius 2 is 1.67 bits per heavy atom. The second kappa shape index (κ2) is 9.79. The quantitative estimate of drug-likeness (QED) is 0.401. The van der Waals surface area contributed by atoms with Gasteiger partial charge in [-0.05, 0) is 23.8 Å². The Morgan fingerprint density at radius 1 is 1.07 bits per heavy atom. The van der Waals surface area contributed by atoms with E-state index in [0.29, 0.717) is 43.4 Å². The molecule has 1 heterocycles. The Bertz CT molecular complexity index is 673. The molecule has 0 atom stereocenters. The fourth-order valence-corrected chi connectivity index (χ4v) is 2.84. The van der Waals surface area contributed by atoms with E-state index in [2.05, 4.69) is 0 Å². The highest BCUT2D eigenvalue weighted by Crippen LogP contribution is 2.38. The average molecular weight is 379 g/mol. The lowest BCUT2D eigenvalue weighted by atomic mass is 10.1. The van der Waals surface area contributed by atoms with Gasteiger partial charge in [0.05, 0.1) is 27.9 Å². The summed E-state index contributed by atoms with van der Waals surface area (Å²) in [5.41, 5.74) is 2.36. The van der Waals surface area contributed by atoms with E-state index in [4.69, 9.17) is 19.4 Å². The van der Waals surface area contributed by atoms with Crippen molar-refractivity contribution in [2.45, 2.75) is 0 Å². The summed E-state index contributed by atoms with van der Waals surface area (Å²) >= 11 is 0. The van der Waals surface area contributed by atoms with Crippen LogP contribution in [-0.4, -0.2) is 80.9 Å². The van der Waals surface area contributed by atoms with Gasteiger partial charge in [-0.2, -0.15) is 0 Å². The maximum absolute atomic E-state index is 12.4. The van der Waals surface area contributed by atoms with Crippen molar-refractivity contribution in [1.29, 1.82) is 0 Å². The summed E-state index contributed by atoms with van der Waals surface area (Å²) in [5, 5.41) is 8.57. The number of hydrogen-bond donors (Lipinski definition) is 2. The number of nitrogens with zero attached hydrogens (tertiary/aromatic N) is 2. The number of rotatable bonds is 7. The molecular formula is C18H25N3O6. The number of hydrogen-bond acceptors (Lipinski definition) is 7. The molecular weight excluding hydrogens is 354 g/mol. The highest BCUT2D eigenvalue weighted by Gasteiger charge is 2.21. The van der Waals surface area contributed by atoms with Gasteiger partial charge in [0.25, 0.3) is 5.91 Å². The summed E-state index contributed by atoms with van der Waals surface area (Å²) in [6.07, 6.45) is 3.19. The van der Waals surface area contributed by atoms with Crippen molar-refractivity contribution >= 4 is 17.9 Å². The van der Waals surface area contributed by atoms with Crippen LogP contribution in [0, 0.1) is 0 Å². The summed E-state index contributed by atoms with van der Waals surface area (Å²) in [6, 6.07) is 3.52.